The van der Waals surface area contributed by atoms with Crippen molar-refractivity contribution in [2.45, 2.75) is 13.3 Å². The van der Waals surface area contributed by atoms with Crippen molar-refractivity contribution in [3.63, 3.8) is 0 Å². The molecule has 9 heteroatoms. The molecule has 0 bridgehead atoms. The van der Waals surface area contributed by atoms with Crippen LogP contribution in [0.4, 0.5) is 10.6 Å². The number of hydrogen-bond acceptors (Lipinski definition) is 5. The van der Waals surface area contributed by atoms with Crippen molar-refractivity contribution < 1.29 is 9.59 Å². The van der Waals surface area contributed by atoms with Crippen molar-refractivity contribution in [2.75, 3.05) is 50.7 Å². The fraction of sp³-hybridized carbons (Fsp3) is 0.556. The molecule has 2 saturated heterocycles. The highest BCUT2D eigenvalue weighted by molar-refractivity contribution is 5.79. The molecule has 2 aromatic heterocycles. The molecule has 0 aromatic carbocycles. The first kappa shape index (κ1) is 17.6. The second-order valence-corrected chi connectivity index (χ2v) is 7.08. The molecule has 2 aliphatic heterocycles. The minimum absolute atomic E-state index is 0.0462. The van der Waals surface area contributed by atoms with Crippen LogP contribution in [0.1, 0.15) is 13.3 Å². The van der Waals surface area contributed by atoms with E-state index >= 15 is 0 Å². The van der Waals surface area contributed by atoms with Gasteiger partial charge in [-0.1, -0.05) is 0 Å². The Morgan fingerprint density at radius 3 is 2.81 bits per heavy atom. The highest BCUT2D eigenvalue weighted by Crippen LogP contribution is 2.17. The van der Waals surface area contributed by atoms with E-state index in [0.29, 0.717) is 26.1 Å². The fourth-order valence-corrected chi connectivity index (χ4v) is 3.75. The predicted octanol–water partition coefficient (Wildman–Crippen LogP) is 0.429. The van der Waals surface area contributed by atoms with E-state index in [1.807, 2.05) is 35.1 Å². The number of piperazine rings is 1. The van der Waals surface area contributed by atoms with Crippen LogP contribution >= 0.6 is 0 Å². The highest BCUT2D eigenvalue weighted by atomic mass is 16.2. The summed E-state index contributed by atoms with van der Waals surface area (Å²) in [4.78, 5) is 34.3. The third kappa shape index (κ3) is 3.67. The predicted molar refractivity (Wildman–Crippen MR) is 101 cm³/mol. The number of nitrogens with one attached hydrogen (secondary N) is 1. The van der Waals surface area contributed by atoms with Crippen LogP contribution in [0.2, 0.25) is 0 Å². The normalized spacial score (nSPS) is 20.6. The lowest BCUT2D eigenvalue weighted by Crippen LogP contribution is -2.52. The molecule has 0 aliphatic carbocycles. The quantitative estimate of drug-likeness (QED) is 0.842. The van der Waals surface area contributed by atoms with Gasteiger partial charge in [-0.25, -0.2) is 14.3 Å². The Kier molecular flexibility index (Phi) is 4.83. The first-order chi connectivity index (χ1) is 13.1. The van der Waals surface area contributed by atoms with E-state index < -0.39 is 0 Å². The van der Waals surface area contributed by atoms with Crippen LogP contribution in [0.5, 0.6) is 0 Å². The summed E-state index contributed by atoms with van der Waals surface area (Å²) < 4.78 is 1.76. The number of imidazole rings is 1. The molecule has 9 nitrogen and oxygen atoms in total. The molecule has 0 saturated carbocycles. The van der Waals surface area contributed by atoms with Crippen LogP contribution in [0.25, 0.3) is 5.65 Å². The third-order valence-corrected chi connectivity index (χ3v) is 5.35. The van der Waals surface area contributed by atoms with Gasteiger partial charge in [-0.2, -0.15) is 0 Å². The monoisotopic (exact) mass is 371 g/mol. The van der Waals surface area contributed by atoms with Crippen LogP contribution in [-0.4, -0.2) is 82.1 Å². The molecule has 3 amide bonds. The van der Waals surface area contributed by atoms with E-state index in [2.05, 4.69) is 20.3 Å². The lowest BCUT2D eigenvalue weighted by atomic mass is 10.1. The average molecular weight is 371 g/mol. The first-order valence-corrected chi connectivity index (χ1v) is 9.50. The molecule has 27 heavy (non-hydrogen) atoms. The summed E-state index contributed by atoms with van der Waals surface area (Å²) in [6, 6.07) is 3.87. The van der Waals surface area contributed by atoms with Crippen molar-refractivity contribution in [2.24, 2.45) is 5.92 Å². The number of urea groups is 1. The van der Waals surface area contributed by atoms with Crippen molar-refractivity contribution in [1.29, 1.82) is 0 Å². The number of carbonyl (C=O) groups excluding carboxylic acids is 2. The summed E-state index contributed by atoms with van der Waals surface area (Å²) in [6.07, 6.45) is 4.09. The van der Waals surface area contributed by atoms with Gasteiger partial charge in [0.2, 0.25) is 5.91 Å². The Bertz CT molecular complexity index is 828. The Hall–Kier alpha value is -2.84. The van der Waals surface area contributed by atoms with Gasteiger partial charge in [0.05, 0.1) is 0 Å². The van der Waals surface area contributed by atoms with Crippen LogP contribution in [0.3, 0.4) is 0 Å². The molecule has 2 aliphatic rings. The van der Waals surface area contributed by atoms with Gasteiger partial charge < -0.3 is 20.0 Å². The van der Waals surface area contributed by atoms with E-state index in [9.17, 15) is 9.59 Å². The van der Waals surface area contributed by atoms with Crippen molar-refractivity contribution in [3.05, 3.63) is 24.5 Å². The summed E-state index contributed by atoms with van der Waals surface area (Å²) >= 11 is 0. The lowest BCUT2D eigenvalue weighted by Gasteiger charge is -2.35. The molecule has 0 radical (unpaired) electrons. The van der Waals surface area contributed by atoms with Gasteiger partial charge in [0.15, 0.2) is 5.65 Å². The lowest BCUT2D eigenvalue weighted by molar-refractivity contribution is -0.127. The molecule has 2 aromatic rings. The van der Waals surface area contributed by atoms with Gasteiger partial charge in [-0.3, -0.25) is 4.79 Å². The Balaban J connectivity index is 1.26. The van der Waals surface area contributed by atoms with Crippen molar-refractivity contribution >= 4 is 23.4 Å². The smallest absolute Gasteiger partial charge is 0.317 e. The summed E-state index contributed by atoms with van der Waals surface area (Å²) in [5.41, 5.74) is 0.823. The molecular formula is C18H25N7O2. The van der Waals surface area contributed by atoms with Crippen LogP contribution < -0.4 is 10.2 Å². The number of rotatable bonds is 4. The van der Waals surface area contributed by atoms with Gasteiger partial charge >= 0.3 is 6.03 Å². The Morgan fingerprint density at radius 2 is 2.07 bits per heavy atom. The minimum atomic E-state index is -0.0462. The summed E-state index contributed by atoms with van der Waals surface area (Å²) in [5, 5.41) is 7.56. The summed E-state index contributed by atoms with van der Waals surface area (Å²) in [5.74, 6) is 1.30. The molecule has 4 rings (SSSR count). The largest absolute Gasteiger partial charge is 0.352 e. The van der Waals surface area contributed by atoms with Gasteiger partial charge in [0.25, 0.3) is 0 Å². The number of amides is 3. The fourth-order valence-electron chi connectivity index (χ4n) is 3.75. The number of aromatic nitrogens is 3. The topological polar surface area (TPSA) is 86.1 Å². The third-order valence-electron chi connectivity index (χ3n) is 5.35. The van der Waals surface area contributed by atoms with Crippen molar-refractivity contribution in [3.8, 4) is 0 Å². The molecule has 4 heterocycles. The van der Waals surface area contributed by atoms with Crippen LogP contribution in [0.15, 0.2) is 24.5 Å². The molecule has 1 unspecified atom stereocenters. The maximum atomic E-state index is 12.4. The zero-order valence-corrected chi connectivity index (χ0v) is 15.5. The summed E-state index contributed by atoms with van der Waals surface area (Å²) in [6.45, 7) is 6.81. The van der Waals surface area contributed by atoms with E-state index in [4.69, 9.17) is 0 Å². The standard InChI is InChI=1S/C18H25N7O2/c1-2-22-13-14(11-17(22)26)12-20-18(27)24-9-7-23(8-10-24)16-4-3-15-19-5-6-25(15)21-16/h3-6,14H,2,7-13H2,1H3,(H,20,27). The van der Waals surface area contributed by atoms with Gasteiger partial charge in [0, 0.05) is 70.5 Å². The minimum Gasteiger partial charge on any atom is -0.352 e. The van der Waals surface area contributed by atoms with Gasteiger partial charge in [-0.05, 0) is 19.1 Å². The summed E-state index contributed by atoms with van der Waals surface area (Å²) in [7, 11) is 0. The SMILES string of the molecule is CCN1CC(CNC(=O)N2CCN(c3ccc4nccn4n3)CC2)CC1=O. The maximum Gasteiger partial charge on any atom is 0.317 e. The zero-order valence-electron chi connectivity index (χ0n) is 15.5. The van der Waals surface area contributed by atoms with E-state index in [-0.39, 0.29) is 17.9 Å². The van der Waals surface area contributed by atoms with E-state index in [1.54, 1.807) is 10.7 Å². The molecule has 1 atom stereocenters. The second-order valence-electron chi connectivity index (χ2n) is 7.08. The van der Waals surface area contributed by atoms with Gasteiger partial charge in [-0.15, -0.1) is 5.10 Å². The number of carbonyl (C=O) groups is 2. The second kappa shape index (κ2) is 7.42. The molecule has 1 N–H and O–H groups in total. The van der Waals surface area contributed by atoms with Crippen molar-refractivity contribution in [1.82, 2.24) is 29.7 Å². The Morgan fingerprint density at radius 1 is 1.26 bits per heavy atom. The average Bonchev–Trinajstić information content (AvgIpc) is 3.31. The van der Waals surface area contributed by atoms with Crippen LogP contribution in [-0.2, 0) is 4.79 Å². The first-order valence-electron chi connectivity index (χ1n) is 9.50. The number of anilines is 1. The molecular weight excluding hydrogens is 346 g/mol. The number of fused-ring (bicyclic) bond motifs is 1. The van der Waals surface area contributed by atoms with E-state index in [0.717, 1.165) is 37.6 Å². The highest BCUT2D eigenvalue weighted by Gasteiger charge is 2.29. The van der Waals surface area contributed by atoms with E-state index in [1.165, 1.54) is 0 Å². The number of likely N-dealkylation sites (tertiary alicyclic amines) is 1. The Labute approximate surface area is 157 Å². The maximum absolute atomic E-state index is 12.4. The number of nitrogens with zero attached hydrogens (tertiary/aromatic N) is 6. The molecule has 144 valence electrons. The number of hydrogen-bond donors (Lipinski definition) is 1. The molecule has 2 fully saturated rings. The molecule has 0 spiro atoms. The van der Waals surface area contributed by atoms with Gasteiger partial charge in [0.1, 0.15) is 5.82 Å². The zero-order chi connectivity index (χ0) is 18.8. The van der Waals surface area contributed by atoms with Crippen LogP contribution in [0, 0.1) is 5.92 Å².